The van der Waals surface area contributed by atoms with Gasteiger partial charge in [0.1, 0.15) is 12.4 Å². The minimum Gasteiger partial charge on any atom is -0.351 e. The van der Waals surface area contributed by atoms with Crippen LogP contribution in [-0.2, 0) is 0 Å². The molecule has 1 N–H and O–H groups in total. The molecule has 2 rings (SSSR count). The molecule has 10 heteroatoms. The molecule has 0 fully saturated rings. The van der Waals surface area contributed by atoms with Gasteiger partial charge in [-0.2, -0.15) is 13.2 Å². The second kappa shape index (κ2) is 7.01. The first-order valence-electron chi connectivity index (χ1n) is 6.00. The fraction of sp³-hybridized carbons (Fsp3) is 0.333. The Morgan fingerprint density at radius 1 is 1.36 bits per heavy atom. The van der Waals surface area contributed by atoms with Crippen molar-refractivity contribution in [1.82, 2.24) is 10.2 Å². The van der Waals surface area contributed by atoms with E-state index in [9.17, 15) is 17.6 Å². The van der Waals surface area contributed by atoms with Crippen molar-refractivity contribution >= 4 is 39.8 Å². The third-order valence-electron chi connectivity index (χ3n) is 2.54. The van der Waals surface area contributed by atoms with Crippen LogP contribution in [-0.4, -0.2) is 22.9 Å². The number of aromatic nitrogens is 2. The predicted molar refractivity (Wildman–Crippen MR) is 80.1 cm³/mol. The van der Waals surface area contributed by atoms with Crippen molar-refractivity contribution in [2.75, 3.05) is 11.9 Å². The summed E-state index contributed by atoms with van der Waals surface area (Å²) in [5.41, 5.74) is 0.788. The van der Waals surface area contributed by atoms with E-state index in [1.165, 1.54) is 23.9 Å². The monoisotopic (exact) mass is 371 g/mol. The van der Waals surface area contributed by atoms with Crippen LogP contribution in [0.1, 0.15) is 17.7 Å². The number of thioether (sulfide) groups is 1. The molecule has 1 unspecified atom stereocenters. The normalized spacial score (nSPS) is 13.2. The van der Waals surface area contributed by atoms with Gasteiger partial charge in [-0.1, -0.05) is 40.8 Å². The number of halogens is 5. The smallest absolute Gasteiger partial charge is 0.351 e. The number of alkyl halides is 3. The van der Waals surface area contributed by atoms with Crippen molar-refractivity contribution in [3.8, 4) is 0 Å². The minimum absolute atomic E-state index is 0.0229. The first-order valence-corrected chi connectivity index (χ1v) is 8.08. The Labute approximate surface area is 137 Å². The van der Waals surface area contributed by atoms with Crippen molar-refractivity contribution in [2.24, 2.45) is 0 Å². The van der Waals surface area contributed by atoms with Gasteiger partial charge in [-0.15, -0.1) is 10.2 Å². The van der Waals surface area contributed by atoms with Crippen LogP contribution in [0.3, 0.4) is 0 Å². The number of benzene rings is 1. The third kappa shape index (κ3) is 4.99. The molecule has 0 aliphatic heterocycles. The lowest BCUT2D eigenvalue weighted by Gasteiger charge is -2.09. The van der Waals surface area contributed by atoms with Crippen LogP contribution in [0.25, 0.3) is 0 Å². The highest BCUT2D eigenvalue weighted by molar-refractivity contribution is 8.01. The van der Waals surface area contributed by atoms with Crippen molar-refractivity contribution in [1.29, 1.82) is 0 Å². The van der Waals surface area contributed by atoms with E-state index in [0.29, 0.717) is 4.34 Å². The van der Waals surface area contributed by atoms with Crippen LogP contribution in [0, 0.1) is 5.82 Å². The zero-order valence-corrected chi connectivity index (χ0v) is 13.5. The Kier molecular flexibility index (Phi) is 5.51. The zero-order valence-electron chi connectivity index (χ0n) is 11.1. The van der Waals surface area contributed by atoms with Crippen LogP contribution in [0.15, 0.2) is 22.5 Å². The molecule has 0 aliphatic carbocycles. The maximum Gasteiger partial charge on any atom is 0.405 e. The quantitative estimate of drug-likeness (QED) is 0.582. The highest BCUT2D eigenvalue weighted by Gasteiger charge is 2.27. The number of nitrogens with one attached hydrogen (secondary N) is 1. The highest BCUT2D eigenvalue weighted by Crippen LogP contribution is 2.38. The van der Waals surface area contributed by atoms with Crippen molar-refractivity contribution in [3.63, 3.8) is 0 Å². The minimum atomic E-state index is -4.31. The van der Waals surface area contributed by atoms with Gasteiger partial charge in [0.2, 0.25) is 5.13 Å². The zero-order chi connectivity index (χ0) is 16.3. The molecule has 0 saturated carbocycles. The number of rotatable bonds is 5. The van der Waals surface area contributed by atoms with Crippen molar-refractivity contribution in [3.05, 3.63) is 34.6 Å². The van der Waals surface area contributed by atoms with Crippen LogP contribution < -0.4 is 5.32 Å². The van der Waals surface area contributed by atoms with Crippen molar-refractivity contribution < 1.29 is 17.6 Å². The summed E-state index contributed by atoms with van der Waals surface area (Å²) in [6.07, 6.45) is -4.31. The number of hydrogen-bond acceptors (Lipinski definition) is 5. The Balaban J connectivity index is 1.98. The second-order valence-corrected chi connectivity index (χ2v) is 7.25. The van der Waals surface area contributed by atoms with Gasteiger partial charge in [0.25, 0.3) is 0 Å². The SMILES string of the molecule is CC(Sc1nnc(NCC(F)(F)F)s1)c1ccc(F)c(Cl)c1. The van der Waals surface area contributed by atoms with E-state index in [1.807, 2.05) is 6.92 Å². The molecule has 2 aromatic rings. The topological polar surface area (TPSA) is 37.8 Å². The van der Waals surface area contributed by atoms with Gasteiger partial charge in [0.05, 0.1) is 5.02 Å². The van der Waals surface area contributed by atoms with Crippen molar-refractivity contribution in [2.45, 2.75) is 22.7 Å². The Morgan fingerprint density at radius 2 is 2.09 bits per heavy atom. The Morgan fingerprint density at radius 3 is 2.73 bits per heavy atom. The van der Waals surface area contributed by atoms with E-state index >= 15 is 0 Å². The lowest BCUT2D eigenvalue weighted by Crippen LogP contribution is -2.21. The Hall–Kier alpha value is -1.06. The fourth-order valence-electron chi connectivity index (χ4n) is 1.49. The van der Waals surface area contributed by atoms with Gasteiger partial charge in [-0.25, -0.2) is 4.39 Å². The molecular formula is C12H10ClF4N3S2. The molecular weight excluding hydrogens is 362 g/mol. The van der Waals surface area contributed by atoms with Gasteiger partial charge >= 0.3 is 6.18 Å². The summed E-state index contributed by atoms with van der Waals surface area (Å²) < 4.78 is 49.9. The molecule has 3 nitrogen and oxygen atoms in total. The molecule has 1 aromatic carbocycles. The molecule has 1 heterocycles. The summed E-state index contributed by atoms with van der Waals surface area (Å²) in [5.74, 6) is -0.503. The summed E-state index contributed by atoms with van der Waals surface area (Å²) in [4.78, 5) is 0. The van der Waals surface area contributed by atoms with Gasteiger partial charge < -0.3 is 5.32 Å². The predicted octanol–water partition coefficient (Wildman–Crippen LogP) is 5.16. The lowest BCUT2D eigenvalue weighted by molar-refractivity contribution is -0.115. The van der Waals surface area contributed by atoms with E-state index in [1.54, 1.807) is 6.07 Å². The summed E-state index contributed by atoms with van der Waals surface area (Å²) in [6.45, 7) is 0.702. The summed E-state index contributed by atoms with van der Waals surface area (Å²) in [7, 11) is 0. The molecule has 0 aliphatic rings. The highest BCUT2D eigenvalue weighted by atomic mass is 35.5. The largest absolute Gasteiger partial charge is 0.405 e. The lowest BCUT2D eigenvalue weighted by atomic mass is 10.2. The van der Waals surface area contributed by atoms with E-state index in [0.717, 1.165) is 16.9 Å². The summed E-state index contributed by atoms with van der Waals surface area (Å²) in [6, 6.07) is 4.38. The van der Waals surface area contributed by atoms with Crippen LogP contribution in [0.5, 0.6) is 0 Å². The molecule has 0 spiro atoms. The summed E-state index contributed by atoms with van der Waals surface area (Å²) >= 11 is 8.06. The van der Waals surface area contributed by atoms with Crippen LogP contribution >= 0.6 is 34.7 Å². The van der Waals surface area contributed by atoms with E-state index in [2.05, 4.69) is 15.5 Å². The standard InChI is InChI=1S/C12H10ClF4N3S2/c1-6(7-2-3-9(14)8(13)4-7)21-11-20-19-10(22-11)18-5-12(15,16)17/h2-4,6H,5H2,1H3,(H,18,19). The van der Waals surface area contributed by atoms with Gasteiger partial charge in [-0.3, -0.25) is 0 Å². The third-order valence-corrected chi connectivity index (χ3v) is 4.95. The number of nitrogens with zero attached hydrogens (tertiary/aromatic N) is 2. The molecule has 1 atom stereocenters. The van der Waals surface area contributed by atoms with Crippen LogP contribution in [0.2, 0.25) is 5.02 Å². The van der Waals surface area contributed by atoms with Gasteiger partial charge in [0, 0.05) is 5.25 Å². The maximum absolute atomic E-state index is 13.1. The molecule has 0 amide bonds. The number of anilines is 1. The molecule has 1 aromatic heterocycles. The molecule has 22 heavy (non-hydrogen) atoms. The average molecular weight is 372 g/mol. The maximum atomic E-state index is 13.1. The van der Waals surface area contributed by atoms with Crippen LogP contribution in [0.4, 0.5) is 22.7 Å². The summed E-state index contributed by atoms with van der Waals surface area (Å²) in [5, 5.41) is 9.66. The van der Waals surface area contributed by atoms with E-state index in [-0.39, 0.29) is 15.4 Å². The second-order valence-electron chi connectivity index (χ2n) is 4.28. The number of hydrogen-bond donors (Lipinski definition) is 1. The first-order chi connectivity index (χ1) is 10.2. The first kappa shape index (κ1) is 17.3. The van der Waals surface area contributed by atoms with Gasteiger partial charge in [-0.05, 0) is 24.6 Å². The molecule has 0 saturated heterocycles. The fourth-order valence-corrected chi connectivity index (χ4v) is 3.69. The molecule has 0 radical (unpaired) electrons. The van der Waals surface area contributed by atoms with E-state index in [4.69, 9.17) is 11.6 Å². The molecule has 120 valence electrons. The Bertz CT molecular complexity index is 648. The van der Waals surface area contributed by atoms with E-state index < -0.39 is 18.5 Å². The average Bonchev–Trinajstić information content (AvgIpc) is 2.86. The van der Waals surface area contributed by atoms with Gasteiger partial charge in [0.15, 0.2) is 4.34 Å². The molecule has 0 bridgehead atoms.